The van der Waals surface area contributed by atoms with E-state index in [1.165, 1.54) is 11.3 Å². The molecule has 1 aromatic carbocycles. The number of nitrogens with zero attached hydrogens (tertiary/aromatic N) is 1. The van der Waals surface area contributed by atoms with Crippen LogP contribution in [0.4, 0.5) is 5.13 Å². The summed E-state index contributed by atoms with van der Waals surface area (Å²) in [6, 6.07) is 5.05. The third kappa shape index (κ3) is 3.85. The van der Waals surface area contributed by atoms with E-state index in [4.69, 9.17) is 9.47 Å². The summed E-state index contributed by atoms with van der Waals surface area (Å²) in [5.41, 5.74) is 1.29. The van der Waals surface area contributed by atoms with E-state index >= 15 is 0 Å². The highest BCUT2D eigenvalue weighted by atomic mass is 32.1. The SMILES string of the molecule is CNc1nc(CNC(=O)c2cc(OC)cc(OC)c2)cs1. The third-order valence-corrected chi connectivity index (χ3v) is 3.72. The lowest BCUT2D eigenvalue weighted by atomic mass is 10.2. The van der Waals surface area contributed by atoms with E-state index in [9.17, 15) is 4.79 Å². The van der Waals surface area contributed by atoms with Gasteiger partial charge in [-0.05, 0) is 12.1 Å². The highest BCUT2D eigenvalue weighted by molar-refractivity contribution is 7.13. The van der Waals surface area contributed by atoms with Gasteiger partial charge in [0.2, 0.25) is 0 Å². The van der Waals surface area contributed by atoms with Crippen LogP contribution in [-0.4, -0.2) is 32.2 Å². The van der Waals surface area contributed by atoms with Crippen molar-refractivity contribution in [2.45, 2.75) is 6.54 Å². The quantitative estimate of drug-likeness (QED) is 0.855. The zero-order chi connectivity index (χ0) is 15.2. The van der Waals surface area contributed by atoms with Crippen molar-refractivity contribution in [2.75, 3.05) is 26.6 Å². The molecule has 2 N–H and O–H groups in total. The Bertz CT molecular complexity index is 605. The summed E-state index contributed by atoms with van der Waals surface area (Å²) in [6.07, 6.45) is 0. The summed E-state index contributed by atoms with van der Waals surface area (Å²) in [6.45, 7) is 0.372. The van der Waals surface area contributed by atoms with E-state index in [0.717, 1.165) is 10.8 Å². The number of hydrogen-bond donors (Lipinski definition) is 2. The van der Waals surface area contributed by atoms with Crippen LogP contribution in [-0.2, 0) is 6.54 Å². The molecule has 2 aromatic rings. The lowest BCUT2D eigenvalue weighted by Crippen LogP contribution is -2.23. The molecule has 2 rings (SSSR count). The monoisotopic (exact) mass is 307 g/mol. The third-order valence-electron chi connectivity index (χ3n) is 2.81. The van der Waals surface area contributed by atoms with Crippen molar-refractivity contribution in [1.82, 2.24) is 10.3 Å². The van der Waals surface area contributed by atoms with Gasteiger partial charge in [-0.25, -0.2) is 4.98 Å². The van der Waals surface area contributed by atoms with Crippen LogP contribution in [0.15, 0.2) is 23.6 Å². The van der Waals surface area contributed by atoms with Crippen molar-refractivity contribution in [3.8, 4) is 11.5 Å². The van der Waals surface area contributed by atoms with Crippen LogP contribution >= 0.6 is 11.3 Å². The highest BCUT2D eigenvalue weighted by Gasteiger charge is 2.10. The molecule has 0 bridgehead atoms. The number of carbonyl (C=O) groups excluding carboxylic acids is 1. The summed E-state index contributed by atoms with van der Waals surface area (Å²) in [4.78, 5) is 16.5. The molecule has 21 heavy (non-hydrogen) atoms. The van der Waals surface area contributed by atoms with Crippen LogP contribution in [0.3, 0.4) is 0 Å². The maximum absolute atomic E-state index is 12.2. The van der Waals surface area contributed by atoms with Crippen LogP contribution in [0, 0.1) is 0 Å². The minimum absolute atomic E-state index is 0.203. The normalized spacial score (nSPS) is 10.0. The van der Waals surface area contributed by atoms with E-state index in [-0.39, 0.29) is 5.91 Å². The number of benzene rings is 1. The molecule has 1 aromatic heterocycles. The minimum atomic E-state index is -0.203. The Balaban J connectivity index is 2.05. The first-order valence-electron chi connectivity index (χ1n) is 6.29. The van der Waals surface area contributed by atoms with E-state index in [0.29, 0.717) is 23.6 Å². The Morgan fingerprint density at radius 1 is 1.24 bits per heavy atom. The zero-order valence-corrected chi connectivity index (χ0v) is 12.9. The van der Waals surface area contributed by atoms with Crippen molar-refractivity contribution in [2.24, 2.45) is 0 Å². The van der Waals surface area contributed by atoms with Crippen molar-refractivity contribution < 1.29 is 14.3 Å². The van der Waals surface area contributed by atoms with E-state index < -0.39 is 0 Å². The second-order valence-electron chi connectivity index (χ2n) is 4.18. The van der Waals surface area contributed by atoms with Gasteiger partial charge in [0.15, 0.2) is 5.13 Å². The molecule has 0 saturated carbocycles. The Kier molecular flexibility index (Phi) is 4.99. The molecule has 0 aliphatic rings. The predicted molar refractivity (Wildman–Crippen MR) is 82.4 cm³/mol. The number of rotatable bonds is 6. The second-order valence-corrected chi connectivity index (χ2v) is 5.04. The van der Waals surface area contributed by atoms with Gasteiger partial charge >= 0.3 is 0 Å². The molecule has 112 valence electrons. The fourth-order valence-electron chi connectivity index (χ4n) is 1.71. The molecule has 0 spiro atoms. The van der Waals surface area contributed by atoms with E-state index in [2.05, 4.69) is 15.6 Å². The maximum Gasteiger partial charge on any atom is 0.251 e. The molecular formula is C14H17N3O3S. The first kappa shape index (κ1) is 15.1. The van der Waals surface area contributed by atoms with Crippen LogP contribution in [0.5, 0.6) is 11.5 Å². The van der Waals surface area contributed by atoms with Crippen molar-refractivity contribution in [3.05, 3.63) is 34.8 Å². The molecule has 7 heteroatoms. The molecule has 0 fully saturated rings. The first-order valence-corrected chi connectivity index (χ1v) is 7.17. The minimum Gasteiger partial charge on any atom is -0.497 e. The van der Waals surface area contributed by atoms with Gasteiger partial charge in [-0.15, -0.1) is 11.3 Å². The van der Waals surface area contributed by atoms with Gasteiger partial charge in [0.05, 0.1) is 26.5 Å². The molecule has 0 aliphatic heterocycles. The average molecular weight is 307 g/mol. The van der Waals surface area contributed by atoms with Gasteiger partial charge in [-0.3, -0.25) is 4.79 Å². The van der Waals surface area contributed by atoms with Crippen molar-refractivity contribution >= 4 is 22.4 Å². The number of carbonyl (C=O) groups is 1. The largest absolute Gasteiger partial charge is 0.497 e. The molecular weight excluding hydrogens is 290 g/mol. The van der Waals surface area contributed by atoms with Gasteiger partial charge in [-0.1, -0.05) is 0 Å². The Hall–Kier alpha value is -2.28. The lowest BCUT2D eigenvalue weighted by molar-refractivity contribution is 0.0949. The first-order chi connectivity index (χ1) is 10.2. The van der Waals surface area contributed by atoms with Gasteiger partial charge in [0.1, 0.15) is 11.5 Å². The summed E-state index contributed by atoms with van der Waals surface area (Å²) < 4.78 is 10.3. The number of ether oxygens (including phenoxy) is 2. The lowest BCUT2D eigenvalue weighted by Gasteiger charge is -2.08. The van der Waals surface area contributed by atoms with Crippen molar-refractivity contribution in [1.29, 1.82) is 0 Å². The summed E-state index contributed by atoms with van der Waals surface area (Å²) in [5, 5.41) is 8.50. The topological polar surface area (TPSA) is 72.5 Å². The molecule has 0 radical (unpaired) electrons. The number of hydrogen-bond acceptors (Lipinski definition) is 6. The van der Waals surface area contributed by atoms with E-state index in [1.54, 1.807) is 32.4 Å². The standard InChI is InChI=1S/C14H17N3O3S/c1-15-14-17-10(8-21-14)7-16-13(18)9-4-11(19-2)6-12(5-9)20-3/h4-6,8H,7H2,1-3H3,(H,15,17)(H,16,18). The Labute approximate surface area is 127 Å². The Morgan fingerprint density at radius 2 is 1.90 bits per heavy atom. The molecule has 0 saturated heterocycles. The second kappa shape index (κ2) is 6.94. The smallest absolute Gasteiger partial charge is 0.251 e. The van der Waals surface area contributed by atoms with Crippen molar-refractivity contribution in [3.63, 3.8) is 0 Å². The van der Waals surface area contributed by atoms with Gasteiger partial charge in [0.25, 0.3) is 5.91 Å². The molecule has 6 nitrogen and oxygen atoms in total. The van der Waals surface area contributed by atoms with E-state index in [1.807, 2.05) is 12.4 Å². The zero-order valence-electron chi connectivity index (χ0n) is 12.1. The number of aromatic nitrogens is 1. The number of nitrogens with one attached hydrogen (secondary N) is 2. The van der Waals surface area contributed by atoms with Crippen LogP contribution in [0.2, 0.25) is 0 Å². The maximum atomic E-state index is 12.2. The Morgan fingerprint density at radius 3 is 2.43 bits per heavy atom. The molecule has 0 aliphatic carbocycles. The molecule has 1 heterocycles. The molecule has 1 amide bonds. The average Bonchev–Trinajstić information content (AvgIpc) is 3.00. The fourth-order valence-corrected chi connectivity index (χ4v) is 2.39. The van der Waals surface area contributed by atoms with Gasteiger partial charge in [-0.2, -0.15) is 0 Å². The molecule has 0 unspecified atom stereocenters. The van der Waals surface area contributed by atoms with Crippen LogP contribution in [0.25, 0.3) is 0 Å². The van der Waals surface area contributed by atoms with Gasteiger partial charge < -0.3 is 20.1 Å². The fraction of sp³-hybridized carbons (Fsp3) is 0.286. The number of methoxy groups -OCH3 is 2. The van der Waals surface area contributed by atoms with Crippen LogP contribution < -0.4 is 20.1 Å². The summed E-state index contributed by atoms with van der Waals surface area (Å²) in [5.74, 6) is 0.947. The highest BCUT2D eigenvalue weighted by Crippen LogP contribution is 2.22. The summed E-state index contributed by atoms with van der Waals surface area (Å²) >= 11 is 1.50. The predicted octanol–water partition coefficient (Wildman–Crippen LogP) is 2.13. The number of anilines is 1. The van der Waals surface area contributed by atoms with Crippen LogP contribution in [0.1, 0.15) is 16.1 Å². The number of thiazole rings is 1. The van der Waals surface area contributed by atoms with Gasteiger partial charge in [0, 0.05) is 24.1 Å². The summed E-state index contributed by atoms with van der Waals surface area (Å²) in [7, 11) is 4.90. The number of amides is 1. The molecule has 0 atom stereocenters.